The van der Waals surface area contributed by atoms with Crippen LogP contribution in [-0.2, 0) is 16.1 Å². The number of carbonyl (C=O) groups excluding carboxylic acids is 1. The monoisotopic (exact) mass is 333 g/mol. The number of nitrogens with zero attached hydrogens (tertiary/aromatic N) is 3. The number of rotatable bonds is 3. The van der Waals surface area contributed by atoms with Crippen LogP contribution in [0.5, 0.6) is 0 Å². The largest absolute Gasteiger partial charge is 0.370 e. The van der Waals surface area contributed by atoms with Crippen LogP contribution in [0, 0.1) is 10.1 Å². The van der Waals surface area contributed by atoms with Gasteiger partial charge in [-0.05, 0) is 24.9 Å². The summed E-state index contributed by atoms with van der Waals surface area (Å²) in [6.45, 7) is 6.01. The highest BCUT2D eigenvalue weighted by Crippen LogP contribution is 2.30. The quantitative estimate of drug-likeness (QED) is 0.623. The van der Waals surface area contributed by atoms with Crippen molar-refractivity contribution in [3.63, 3.8) is 0 Å². The second kappa shape index (κ2) is 6.86. The average molecular weight is 333 g/mol. The summed E-state index contributed by atoms with van der Waals surface area (Å²) in [7, 11) is 0. The molecule has 1 atom stereocenters. The lowest BCUT2D eigenvalue weighted by atomic mass is 9.90. The van der Waals surface area contributed by atoms with E-state index in [0.29, 0.717) is 19.7 Å². The van der Waals surface area contributed by atoms with Crippen LogP contribution in [0.2, 0.25) is 0 Å². The van der Waals surface area contributed by atoms with Gasteiger partial charge in [0.25, 0.3) is 5.69 Å². The summed E-state index contributed by atoms with van der Waals surface area (Å²) in [4.78, 5) is 26.2. The summed E-state index contributed by atoms with van der Waals surface area (Å²) >= 11 is 0. The Morgan fingerprint density at radius 3 is 2.71 bits per heavy atom. The molecule has 1 aromatic rings. The highest BCUT2D eigenvalue weighted by atomic mass is 16.6. The topological polar surface area (TPSA) is 75.9 Å². The van der Waals surface area contributed by atoms with Gasteiger partial charge < -0.3 is 9.64 Å². The van der Waals surface area contributed by atoms with Crippen LogP contribution in [0.25, 0.3) is 0 Å². The number of nitro benzene ring substituents is 1. The first-order valence-electron chi connectivity index (χ1n) is 8.33. The van der Waals surface area contributed by atoms with Crippen LogP contribution < -0.4 is 0 Å². The Balaban J connectivity index is 1.65. The summed E-state index contributed by atoms with van der Waals surface area (Å²) < 4.78 is 6.08. The third-order valence-electron chi connectivity index (χ3n) is 4.87. The number of carbonyl (C=O) groups is 1. The normalized spacial score (nSPS) is 25.0. The first-order chi connectivity index (χ1) is 11.5. The molecule has 1 amide bonds. The van der Waals surface area contributed by atoms with E-state index in [-0.39, 0.29) is 22.1 Å². The van der Waals surface area contributed by atoms with Crippen molar-refractivity contribution in [3.8, 4) is 0 Å². The van der Waals surface area contributed by atoms with Gasteiger partial charge in [-0.2, -0.15) is 0 Å². The van der Waals surface area contributed by atoms with Crippen molar-refractivity contribution in [1.29, 1.82) is 0 Å². The molecule has 0 unspecified atom stereocenters. The average Bonchev–Trinajstić information content (AvgIpc) is 2.55. The van der Waals surface area contributed by atoms with E-state index in [1.54, 1.807) is 19.1 Å². The van der Waals surface area contributed by atoms with E-state index in [0.717, 1.165) is 38.0 Å². The first-order valence-corrected chi connectivity index (χ1v) is 8.33. The molecule has 2 heterocycles. The zero-order valence-electron chi connectivity index (χ0n) is 13.9. The van der Waals surface area contributed by atoms with Crippen molar-refractivity contribution >= 4 is 11.6 Å². The zero-order chi connectivity index (χ0) is 17.2. The summed E-state index contributed by atoms with van der Waals surface area (Å²) in [5.74, 6) is 0.102. The molecule has 130 valence electrons. The van der Waals surface area contributed by atoms with Gasteiger partial charge in [0.1, 0.15) is 0 Å². The summed E-state index contributed by atoms with van der Waals surface area (Å²) in [6.07, 6.45) is 1.99. The Kier molecular flexibility index (Phi) is 4.82. The van der Waals surface area contributed by atoms with Crippen molar-refractivity contribution in [2.24, 2.45) is 0 Å². The van der Waals surface area contributed by atoms with Crippen molar-refractivity contribution < 1.29 is 14.5 Å². The Morgan fingerprint density at radius 2 is 2.04 bits per heavy atom. The first kappa shape index (κ1) is 16.9. The molecule has 2 aliphatic rings. The van der Waals surface area contributed by atoms with Gasteiger partial charge in [0.2, 0.25) is 5.91 Å². The van der Waals surface area contributed by atoms with E-state index >= 15 is 0 Å². The number of benzene rings is 1. The molecular formula is C17H23N3O4. The third kappa shape index (κ3) is 3.73. The van der Waals surface area contributed by atoms with Crippen LogP contribution in [0.4, 0.5) is 5.69 Å². The lowest BCUT2D eigenvalue weighted by Crippen LogP contribution is -2.60. The lowest BCUT2D eigenvalue weighted by molar-refractivity contribution is -0.384. The number of morpholine rings is 1. The molecule has 1 spiro atoms. The van der Waals surface area contributed by atoms with Crippen molar-refractivity contribution in [1.82, 2.24) is 9.80 Å². The van der Waals surface area contributed by atoms with Crippen LogP contribution in [0.1, 0.15) is 25.3 Å². The van der Waals surface area contributed by atoms with Gasteiger partial charge in [-0.3, -0.25) is 19.8 Å². The zero-order valence-corrected chi connectivity index (χ0v) is 13.9. The number of likely N-dealkylation sites (tertiary alicyclic amines) is 1. The number of hydrogen-bond acceptors (Lipinski definition) is 5. The number of non-ortho nitro benzene ring substituents is 1. The lowest BCUT2D eigenvalue weighted by Gasteiger charge is -2.48. The van der Waals surface area contributed by atoms with Gasteiger partial charge in [0.15, 0.2) is 0 Å². The van der Waals surface area contributed by atoms with Crippen LogP contribution in [-0.4, -0.2) is 59.0 Å². The minimum Gasteiger partial charge on any atom is -0.370 e. The Labute approximate surface area is 141 Å². The maximum atomic E-state index is 11.7. The Hall–Kier alpha value is -1.99. The second-order valence-corrected chi connectivity index (χ2v) is 6.71. The maximum absolute atomic E-state index is 11.7. The maximum Gasteiger partial charge on any atom is 0.269 e. The van der Waals surface area contributed by atoms with E-state index < -0.39 is 0 Å². The van der Waals surface area contributed by atoms with Gasteiger partial charge in [0.05, 0.1) is 23.7 Å². The summed E-state index contributed by atoms with van der Waals surface area (Å²) in [5.41, 5.74) is 0.890. The standard InChI is InChI=1S/C17H23N3O4/c1-14(21)19-9-10-24-17(13-19)7-2-8-18(12-17)11-15-3-5-16(6-4-15)20(22)23/h3-6H,2,7-13H2,1H3/t17-/m0/s1. The molecule has 0 N–H and O–H groups in total. The van der Waals surface area contributed by atoms with E-state index in [1.807, 2.05) is 17.0 Å². The molecule has 2 aliphatic heterocycles. The highest BCUT2D eigenvalue weighted by Gasteiger charge is 2.41. The second-order valence-electron chi connectivity index (χ2n) is 6.71. The smallest absolute Gasteiger partial charge is 0.269 e. The Morgan fingerprint density at radius 1 is 1.29 bits per heavy atom. The van der Waals surface area contributed by atoms with Crippen molar-refractivity contribution in [3.05, 3.63) is 39.9 Å². The van der Waals surface area contributed by atoms with Gasteiger partial charge in [0, 0.05) is 38.7 Å². The van der Waals surface area contributed by atoms with Gasteiger partial charge in [-0.15, -0.1) is 0 Å². The molecule has 0 bridgehead atoms. The van der Waals surface area contributed by atoms with E-state index in [4.69, 9.17) is 4.74 Å². The number of piperidine rings is 1. The molecule has 24 heavy (non-hydrogen) atoms. The van der Waals surface area contributed by atoms with Crippen LogP contribution in [0.15, 0.2) is 24.3 Å². The predicted octanol–water partition coefficient (Wildman–Crippen LogP) is 1.81. The molecule has 7 nitrogen and oxygen atoms in total. The number of nitro groups is 1. The Bertz CT molecular complexity index is 615. The highest BCUT2D eigenvalue weighted by molar-refractivity contribution is 5.73. The molecule has 1 aromatic carbocycles. The minimum absolute atomic E-state index is 0.102. The van der Waals surface area contributed by atoms with E-state index in [9.17, 15) is 14.9 Å². The summed E-state index contributed by atoms with van der Waals surface area (Å²) in [5, 5.41) is 10.7. The molecule has 2 fully saturated rings. The van der Waals surface area contributed by atoms with Crippen LogP contribution in [0.3, 0.4) is 0 Å². The molecule has 0 aliphatic carbocycles. The molecule has 0 aromatic heterocycles. The van der Waals surface area contributed by atoms with E-state index in [2.05, 4.69) is 4.90 Å². The molecular weight excluding hydrogens is 310 g/mol. The third-order valence-corrected chi connectivity index (χ3v) is 4.87. The minimum atomic E-state index is -0.383. The fourth-order valence-corrected chi connectivity index (χ4v) is 3.67. The summed E-state index contributed by atoms with van der Waals surface area (Å²) in [6, 6.07) is 6.71. The predicted molar refractivity (Wildman–Crippen MR) is 88.5 cm³/mol. The number of amides is 1. The van der Waals surface area contributed by atoms with Crippen molar-refractivity contribution in [2.45, 2.75) is 31.9 Å². The van der Waals surface area contributed by atoms with Crippen molar-refractivity contribution in [2.75, 3.05) is 32.8 Å². The van der Waals surface area contributed by atoms with E-state index in [1.165, 1.54) is 0 Å². The number of ether oxygens (including phenoxy) is 1. The molecule has 2 saturated heterocycles. The van der Waals surface area contributed by atoms with Gasteiger partial charge >= 0.3 is 0 Å². The molecule has 0 radical (unpaired) electrons. The number of hydrogen-bond donors (Lipinski definition) is 0. The molecule has 0 saturated carbocycles. The van der Waals surface area contributed by atoms with Gasteiger partial charge in [-0.25, -0.2) is 0 Å². The van der Waals surface area contributed by atoms with Crippen LogP contribution >= 0.6 is 0 Å². The fourth-order valence-electron chi connectivity index (χ4n) is 3.67. The molecule has 7 heteroatoms. The molecule has 3 rings (SSSR count). The SMILES string of the molecule is CC(=O)N1CCO[C@]2(CCCN(Cc3ccc([N+](=O)[O-])cc3)C2)C1. The van der Waals surface area contributed by atoms with Gasteiger partial charge in [-0.1, -0.05) is 12.1 Å². The fraction of sp³-hybridized carbons (Fsp3) is 0.588.